The molecule has 0 bridgehead atoms. The largest absolute Gasteiger partial charge is 0.363 e. The van der Waals surface area contributed by atoms with Crippen LogP contribution >= 0.6 is 0 Å². The van der Waals surface area contributed by atoms with Gasteiger partial charge in [-0.1, -0.05) is 6.08 Å². The Balaban J connectivity index is 2.40. The van der Waals surface area contributed by atoms with E-state index >= 15 is 0 Å². The second-order valence-electron chi connectivity index (χ2n) is 2.21. The topological polar surface area (TPSA) is 44.3 Å². The molecule has 0 aliphatic carbocycles. The van der Waals surface area contributed by atoms with Crippen LogP contribution in [0.15, 0.2) is 12.7 Å². The molecule has 1 aliphatic heterocycles. The van der Waals surface area contributed by atoms with Gasteiger partial charge in [-0.05, 0) is 0 Å². The molecule has 0 aromatic carbocycles. The molecule has 0 aromatic rings. The summed E-state index contributed by atoms with van der Waals surface area (Å²) in [7, 11) is 0. The Kier molecular flexibility index (Phi) is 1.85. The van der Waals surface area contributed by atoms with Crippen LogP contribution in [-0.2, 0) is 0 Å². The molecule has 0 spiro atoms. The highest BCUT2D eigenvalue weighted by Gasteiger charge is 2.27. The summed E-state index contributed by atoms with van der Waals surface area (Å²) in [6.07, 6.45) is 2.23. The Morgan fingerprint density at radius 1 is 1.56 bits per heavy atom. The Morgan fingerprint density at radius 3 is 2.56 bits per heavy atom. The molecule has 1 rings (SSSR count). The van der Waals surface area contributed by atoms with Crippen LogP contribution in [0.25, 0.3) is 0 Å². The van der Waals surface area contributed by atoms with Crippen molar-refractivity contribution in [2.75, 3.05) is 13.1 Å². The van der Waals surface area contributed by atoms with Crippen LogP contribution in [-0.4, -0.2) is 24.0 Å². The highest BCUT2D eigenvalue weighted by atomic mass is 16.3. The second-order valence-corrected chi connectivity index (χ2v) is 2.21. The number of nitrogens with one attached hydrogen (secondary N) is 2. The average Bonchev–Trinajstić information content (AvgIpc) is 2.16. The third-order valence-corrected chi connectivity index (χ3v) is 1.40. The summed E-state index contributed by atoms with van der Waals surface area (Å²) in [5.74, 6) is -0.873. The zero-order valence-electron chi connectivity index (χ0n) is 5.35. The van der Waals surface area contributed by atoms with E-state index in [2.05, 4.69) is 17.2 Å². The van der Waals surface area contributed by atoms with Crippen LogP contribution in [0, 0.1) is 0 Å². The van der Waals surface area contributed by atoms with Crippen molar-refractivity contribution in [3.63, 3.8) is 0 Å². The molecule has 0 saturated carbocycles. The highest BCUT2D eigenvalue weighted by Crippen LogP contribution is 2.04. The summed E-state index contributed by atoms with van der Waals surface area (Å²) in [6.45, 7) is 5.18. The third kappa shape index (κ3) is 1.51. The SMILES string of the molecule is C=CCC1(O)NCCN1. The van der Waals surface area contributed by atoms with Crippen LogP contribution in [0.5, 0.6) is 0 Å². The lowest BCUT2D eigenvalue weighted by atomic mass is 10.3. The summed E-state index contributed by atoms with van der Waals surface area (Å²) >= 11 is 0. The van der Waals surface area contributed by atoms with E-state index in [1.54, 1.807) is 6.08 Å². The van der Waals surface area contributed by atoms with Gasteiger partial charge in [-0.3, -0.25) is 10.6 Å². The maximum atomic E-state index is 9.40. The Hall–Kier alpha value is -0.380. The summed E-state index contributed by atoms with van der Waals surface area (Å²) in [6, 6.07) is 0. The van der Waals surface area contributed by atoms with E-state index in [1.165, 1.54) is 0 Å². The third-order valence-electron chi connectivity index (χ3n) is 1.40. The molecule has 3 N–H and O–H groups in total. The van der Waals surface area contributed by atoms with E-state index in [4.69, 9.17) is 0 Å². The first-order valence-corrected chi connectivity index (χ1v) is 3.10. The van der Waals surface area contributed by atoms with Gasteiger partial charge in [-0.25, -0.2) is 0 Å². The van der Waals surface area contributed by atoms with Gasteiger partial charge in [0.1, 0.15) is 0 Å². The van der Waals surface area contributed by atoms with E-state index in [-0.39, 0.29) is 0 Å². The maximum Gasteiger partial charge on any atom is 0.175 e. The van der Waals surface area contributed by atoms with Crippen molar-refractivity contribution < 1.29 is 5.11 Å². The maximum absolute atomic E-state index is 9.40. The first-order chi connectivity index (χ1) is 4.27. The number of rotatable bonds is 2. The number of hydrogen-bond donors (Lipinski definition) is 3. The lowest BCUT2D eigenvalue weighted by Gasteiger charge is -2.20. The quantitative estimate of drug-likeness (QED) is 0.435. The molecule has 52 valence electrons. The van der Waals surface area contributed by atoms with E-state index in [0.717, 1.165) is 13.1 Å². The van der Waals surface area contributed by atoms with Gasteiger partial charge in [0.2, 0.25) is 0 Å². The molecule has 1 fully saturated rings. The Labute approximate surface area is 54.8 Å². The molecule has 9 heavy (non-hydrogen) atoms. The van der Waals surface area contributed by atoms with Crippen molar-refractivity contribution >= 4 is 0 Å². The number of aliphatic hydroxyl groups is 1. The minimum Gasteiger partial charge on any atom is -0.363 e. The van der Waals surface area contributed by atoms with E-state index in [0.29, 0.717) is 6.42 Å². The smallest absolute Gasteiger partial charge is 0.175 e. The fourth-order valence-electron chi connectivity index (χ4n) is 0.954. The van der Waals surface area contributed by atoms with Gasteiger partial charge < -0.3 is 5.11 Å². The van der Waals surface area contributed by atoms with E-state index in [9.17, 15) is 5.11 Å². The van der Waals surface area contributed by atoms with Gasteiger partial charge in [-0.15, -0.1) is 6.58 Å². The Morgan fingerprint density at radius 2 is 2.11 bits per heavy atom. The lowest BCUT2D eigenvalue weighted by Crippen LogP contribution is -2.48. The van der Waals surface area contributed by atoms with Crippen LogP contribution in [0.4, 0.5) is 0 Å². The summed E-state index contributed by atoms with van der Waals surface area (Å²) < 4.78 is 0. The van der Waals surface area contributed by atoms with Gasteiger partial charge in [-0.2, -0.15) is 0 Å². The van der Waals surface area contributed by atoms with Gasteiger partial charge in [0, 0.05) is 19.5 Å². The summed E-state index contributed by atoms with van der Waals surface area (Å²) in [5, 5.41) is 15.2. The van der Waals surface area contributed by atoms with Crippen molar-refractivity contribution in [1.82, 2.24) is 10.6 Å². The average molecular weight is 128 g/mol. The predicted molar refractivity (Wildman–Crippen MR) is 35.8 cm³/mol. The lowest BCUT2D eigenvalue weighted by molar-refractivity contribution is 0.00581. The van der Waals surface area contributed by atoms with Crippen LogP contribution in [0.3, 0.4) is 0 Å². The molecule has 0 atom stereocenters. The number of hydrogen-bond acceptors (Lipinski definition) is 3. The van der Waals surface area contributed by atoms with Gasteiger partial charge in [0.05, 0.1) is 0 Å². The molecule has 1 saturated heterocycles. The zero-order chi connectivity index (χ0) is 6.74. The zero-order valence-corrected chi connectivity index (χ0v) is 5.35. The van der Waals surface area contributed by atoms with Crippen molar-refractivity contribution in [1.29, 1.82) is 0 Å². The first-order valence-electron chi connectivity index (χ1n) is 3.10. The fourth-order valence-corrected chi connectivity index (χ4v) is 0.954. The van der Waals surface area contributed by atoms with Crippen LogP contribution in [0.2, 0.25) is 0 Å². The molecule has 0 radical (unpaired) electrons. The monoisotopic (exact) mass is 128 g/mol. The van der Waals surface area contributed by atoms with Crippen LogP contribution in [0.1, 0.15) is 6.42 Å². The standard InChI is InChI=1S/C6H12N2O/c1-2-3-6(9)7-4-5-8-6/h2,7-9H,1,3-5H2. The summed E-state index contributed by atoms with van der Waals surface area (Å²) in [4.78, 5) is 0. The first kappa shape index (κ1) is 6.74. The van der Waals surface area contributed by atoms with Gasteiger partial charge in [0.25, 0.3) is 0 Å². The van der Waals surface area contributed by atoms with Gasteiger partial charge in [0.15, 0.2) is 5.85 Å². The molecule has 0 amide bonds. The molecule has 3 nitrogen and oxygen atoms in total. The minimum atomic E-state index is -0.873. The molecule has 0 unspecified atom stereocenters. The molecule has 0 aromatic heterocycles. The molecule has 1 aliphatic rings. The van der Waals surface area contributed by atoms with Crippen molar-refractivity contribution in [3.05, 3.63) is 12.7 Å². The summed E-state index contributed by atoms with van der Waals surface area (Å²) in [5.41, 5.74) is 0. The van der Waals surface area contributed by atoms with Gasteiger partial charge >= 0.3 is 0 Å². The predicted octanol–water partition coefficient (Wildman–Crippen LogP) is -0.599. The fraction of sp³-hybridized carbons (Fsp3) is 0.667. The van der Waals surface area contributed by atoms with Crippen molar-refractivity contribution in [3.8, 4) is 0 Å². The minimum absolute atomic E-state index is 0.549. The van der Waals surface area contributed by atoms with Crippen LogP contribution < -0.4 is 10.6 Å². The van der Waals surface area contributed by atoms with E-state index in [1.807, 2.05) is 0 Å². The normalized spacial score (nSPS) is 24.1. The molecular weight excluding hydrogens is 116 g/mol. The van der Waals surface area contributed by atoms with E-state index < -0.39 is 5.85 Å². The highest BCUT2D eigenvalue weighted by molar-refractivity contribution is 4.86. The Bertz CT molecular complexity index is 108. The molecule has 1 heterocycles. The molecular formula is C6H12N2O. The van der Waals surface area contributed by atoms with Crippen molar-refractivity contribution in [2.24, 2.45) is 0 Å². The second kappa shape index (κ2) is 2.47. The van der Waals surface area contributed by atoms with Crippen molar-refractivity contribution in [2.45, 2.75) is 12.3 Å². The molecule has 3 heteroatoms.